The molecule has 0 aliphatic rings. The van der Waals surface area contributed by atoms with Crippen LogP contribution in [0.15, 0.2) is 22.7 Å². The summed E-state index contributed by atoms with van der Waals surface area (Å²) in [6.45, 7) is 3.99. The van der Waals surface area contributed by atoms with E-state index in [4.69, 9.17) is 0 Å². The molecule has 1 rings (SSSR count). The maximum absolute atomic E-state index is 13.4. The first kappa shape index (κ1) is 14.0. The van der Waals surface area contributed by atoms with Gasteiger partial charge in [-0.25, -0.2) is 4.39 Å². The van der Waals surface area contributed by atoms with Gasteiger partial charge in [-0.3, -0.25) is 4.79 Å². The van der Waals surface area contributed by atoms with Crippen LogP contribution in [0.1, 0.15) is 20.3 Å². The molecule has 0 aliphatic carbocycles. The zero-order chi connectivity index (χ0) is 12.8. The second-order valence-corrected chi connectivity index (χ2v) is 4.77. The average molecular weight is 303 g/mol. The Morgan fingerprint density at radius 3 is 2.82 bits per heavy atom. The molecule has 0 fully saturated rings. The average Bonchev–Trinajstić information content (AvgIpc) is 2.27. The largest absolute Gasteiger partial charge is 0.374 e. The third kappa shape index (κ3) is 4.73. The van der Waals surface area contributed by atoms with E-state index in [0.717, 1.165) is 6.42 Å². The Bertz CT molecular complexity index is 398. The minimum atomic E-state index is -0.379. The van der Waals surface area contributed by atoms with Crippen LogP contribution < -0.4 is 10.6 Å². The van der Waals surface area contributed by atoms with E-state index in [9.17, 15) is 9.18 Å². The summed E-state index contributed by atoms with van der Waals surface area (Å²) in [4.78, 5) is 11.5. The first-order chi connectivity index (χ1) is 8.02. The van der Waals surface area contributed by atoms with Gasteiger partial charge in [-0.1, -0.05) is 22.9 Å². The maximum atomic E-state index is 13.4. The van der Waals surface area contributed by atoms with E-state index in [1.807, 2.05) is 13.8 Å². The number of carbonyl (C=O) groups excluding carboxylic acids is 1. The summed E-state index contributed by atoms with van der Waals surface area (Å²) in [7, 11) is 0. The lowest BCUT2D eigenvalue weighted by atomic mass is 10.2. The van der Waals surface area contributed by atoms with Gasteiger partial charge < -0.3 is 10.6 Å². The van der Waals surface area contributed by atoms with Crippen molar-refractivity contribution in [3.8, 4) is 0 Å². The van der Waals surface area contributed by atoms with E-state index >= 15 is 0 Å². The van der Waals surface area contributed by atoms with Crippen LogP contribution in [0.25, 0.3) is 0 Å². The molecule has 0 unspecified atom stereocenters. The van der Waals surface area contributed by atoms with Crippen molar-refractivity contribution in [3.05, 3.63) is 28.5 Å². The standard InChI is InChI=1S/C12H16BrFN2O/c1-3-8(2)16-12(17)7-15-11-5-4-9(13)6-10(11)14/h4-6,8,15H,3,7H2,1-2H3,(H,16,17)/t8-/m1/s1. The van der Waals surface area contributed by atoms with Crippen molar-refractivity contribution < 1.29 is 9.18 Å². The second kappa shape index (κ2) is 6.59. The van der Waals surface area contributed by atoms with Crippen LogP contribution in [0.5, 0.6) is 0 Å². The first-order valence-corrected chi connectivity index (χ1v) is 6.30. The Balaban J connectivity index is 2.47. The van der Waals surface area contributed by atoms with E-state index in [1.54, 1.807) is 12.1 Å². The Morgan fingerprint density at radius 2 is 2.24 bits per heavy atom. The van der Waals surface area contributed by atoms with E-state index in [2.05, 4.69) is 26.6 Å². The van der Waals surface area contributed by atoms with E-state index in [0.29, 0.717) is 10.2 Å². The first-order valence-electron chi connectivity index (χ1n) is 5.51. The van der Waals surface area contributed by atoms with Crippen LogP contribution in [0.3, 0.4) is 0 Å². The Labute approximate surface area is 109 Å². The summed E-state index contributed by atoms with van der Waals surface area (Å²) in [6, 6.07) is 4.81. The van der Waals surface area contributed by atoms with Crippen LogP contribution >= 0.6 is 15.9 Å². The summed E-state index contributed by atoms with van der Waals surface area (Å²) >= 11 is 3.17. The van der Waals surface area contributed by atoms with Gasteiger partial charge in [0.25, 0.3) is 0 Å². The van der Waals surface area contributed by atoms with Crippen molar-refractivity contribution in [1.29, 1.82) is 0 Å². The lowest BCUT2D eigenvalue weighted by Gasteiger charge is -2.12. The zero-order valence-corrected chi connectivity index (χ0v) is 11.5. The van der Waals surface area contributed by atoms with Crippen LogP contribution in [0.2, 0.25) is 0 Å². The molecule has 1 aromatic rings. The summed E-state index contributed by atoms with van der Waals surface area (Å²) in [6.07, 6.45) is 0.873. The van der Waals surface area contributed by atoms with Crippen LogP contribution in [-0.2, 0) is 4.79 Å². The summed E-state index contributed by atoms with van der Waals surface area (Å²) < 4.78 is 14.1. The number of rotatable bonds is 5. The molecule has 94 valence electrons. The second-order valence-electron chi connectivity index (χ2n) is 3.85. The predicted octanol–water partition coefficient (Wildman–Crippen LogP) is 2.91. The summed E-state index contributed by atoms with van der Waals surface area (Å²) in [5, 5.41) is 5.56. The normalized spacial score (nSPS) is 12.0. The molecule has 0 heterocycles. The number of hydrogen-bond donors (Lipinski definition) is 2. The Kier molecular flexibility index (Phi) is 5.41. The Hall–Kier alpha value is -1.10. The van der Waals surface area contributed by atoms with Gasteiger partial charge in [0.2, 0.25) is 5.91 Å². The zero-order valence-electron chi connectivity index (χ0n) is 9.89. The molecule has 0 aromatic heterocycles. The quantitative estimate of drug-likeness (QED) is 0.878. The minimum absolute atomic E-state index is 0.0723. The molecule has 2 N–H and O–H groups in total. The highest BCUT2D eigenvalue weighted by Gasteiger charge is 2.07. The van der Waals surface area contributed by atoms with Crippen molar-refractivity contribution in [3.63, 3.8) is 0 Å². The Morgan fingerprint density at radius 1 is 1.53 bits per heavy atom. The molecule has 0 aliphatic heterocycles. The monoisotopic (exact) mass is 302 g/mol. The van der Waals surface area contributed by atoms with Crippen molar-refractivity contribution >= 4 is 27.5 Å². The van der Waals surface area contributed by atoms with Crippen LogP contribution in [0, 0.1) is 5.82 Å². The van der Waals surface area contributed by atoms with E-state index < -0.39 is 0 Å². The topological polar surface area (TPSA) is 41.1 Å². The molecular weight excluding hydrogens is 287 g/mol. The van der Waals surface area contributed by atoms with Crippen LogP contribution in [0.4, 0.5) is 10.1 Å². The fraction of sp³-hybridized carbons (Fsp3) is 0.417. The molecule has 1 aromatic carbocycles. The van der Waals surface area contributed by atoms with Crippen molar-refractivity contribution in [2.75, 3.05) is 11.9 Å². The van der Waals surface area contributed by atoms with Crippen LogP contribution in [-0.4, -0.2) is 18.5 Å². The lowest BCUT2D eigenvalue weighted by Crippen LogP contribution is -2.36. The molecular formula is C12H16BrFN2O. The smallest absolute Gasteiger partial charge is 0.239 e. The fourth-order valence-corrected chi connectivity index (χ4v) is 1.57. The lowest BCUT2D eigenvalue weighted by molar-refractivity contribution is -0.120. The highest BCUT2D eigenvalue weighted by atomic mass is 79.9. The van der Waals surface area contributed by atoms with Gasteiger partial charge in [-0.2, -0.15) is 0 Å². The number of hydrogen-bond acceptors (Lipinski definition) is 2. The van der Waals surface area contributed by atoms with Gasteiger partial charge in [0, 0.05) is 10.5 Å². The summed E-state index contributed by atoms with van der Waals surface area (Å²) in [5.74, 6) is -0.516. The number of carbonyl (C=O) groups is 1. The molecule has 3 nitrogen and oxygen atoms in total. The molecule has 1 amide bonds. The predicted molar refractivity (Wildman–Crippen MR) is 70.5 cm³/mol. The molecule has 0 bridgehead atoms. The molecule has 1 atom stereocenters. The number of amides is 1. The number of halogens is 2. The van der Waals surface area contributed by atoms with Gasteiger partial charge >= 0.3 is 0 Å². The van der Waals surface area contributed by atoms with Gasteiger partial charge in [0.15, 0.2) is 0 Å². The molecule has 0 saturated carbocycles. The molecule has 0 saturated heterocycles. The molecule has 17 heavy (non-hydrogen) atoms. The molecule has 0 radical (unpaired) electrons. The van der Waals surface area contributed by atoms with Crippen molar-refractivity contribution in [2.45, 2.75) is 26.3 Å². The van der Waals surface area contributed by atoms with Gasteiger partial charge in [0.1, 0.15) is 5.82 Å². The third-order valence-electron chi connectivity index (χ3n) is 2.39. The van der Waals surface area contributed by atoms with E-state index in [1.165, 1.54) is 6.07 Å². The molecule has 0 spiro atoms. The number of anilines is 1. The molecule has 5 heteroatoms. The number of benzene rings is 1. The third-order valence-corrected chi connectivity index (χ3v) is 2.88. The van der Waals surface area contributed by atoms with Gasteiger partial charge in [0.05, 0.1) is 12.2 Å². The maximum Gasteiger partial charge on any atom is 0.239 e. The van der Waals surface area contributed by atoms with Crippen molar-refractivity contribution in [2.24, 2.45) is 0 Å². The number of nitrogens with one attached hydrogen (secondary N) is 2. The SMILES string of the molecule is CC[C@@H](C)NC(=O)CNc1ccc(Br)cc1F. The van der Waals surface area contributed by atoms with Crippen molar-refractivity contribution in [1.82, 2.24) is 5.32 Å². The summed E-state index contributed by atoms with van der Waals surface area (Å²) in [5.41, 5.74) is 0.326. The van der Waals surface area contributed by atoms with E-state index in [-0.39, 0.29) is 24.3 Å². The minimum Gasteiger partial charge on any atom is -0.374 e. The highest BCUT2D eigenvalue weighted by Crippen LogP contribution is 2.18. The highest BCUT2D eigenvalue weighted by molar-refractivity contribution is 9.10. The van der Waals surface area contributed by atoms with Gasteiger partial charge in [-0.05, 0) is 31.5 Å². The van der Waals surface area contributed by atoms with Gasteiger partial charge in [-0.15, -0.1) is 0 Å². The fourth-order valence-electron chi connectivity index (χ4n) is 1.24.